The number of carbonyl (C=O) groups is 4. The van der Waals surface area contributed by atoms with Crippen LogP contribution in [-0.2, 0) is 25.6 Å². The molecule has 0 heterocycles. The topological polar surface area (TPSA) is 197 Å². The first-order valence-corrected chi connectivity index (χ1v) is 11.4. The second kappa shape index (κ2) is 14.9. The third-order valence-electron chi connectivity index (χ3n) is 5.07. The van der Waals surface area contributed by atoms with Crippen molar-refractivity contribution >= 4 is 23.7 Å². The van der Waals surface area contributed by atoms with Crippen molar-refractivity contribution in [2.45, 2.75) is 64.1 Å². The van der Waals surface area contributed by atoms with Crippen LogP contribution in [0, 0.1) is 5.92 Å². The van der Waals surface area contributed by atoms with Crippen molar-refractivity contribution < 1.29 is 29.4 Å². The number of carbonyl (C=O) groups excluding carboxylic acids is 3. The molecule has 34 heavy (non-hydrogen) atoms. The van der Waals surface area contributed by atoms with E-state index in [-0.39, 0.29) is 31.1 Å². The van der Waals surface area contributed by atoms with E-state index >= 15 is 0 Å². The quantitative estimate of drug-likeness (QED) is 0.165. The highest BCUT2D eigenvalue weighted by Crippen LogP contribution is 2.12. The van der Waals surface area contributed by atoms with Gasteiger partial charge >= 0.3 is 5.97 Å². The molecule has 0 aromatic heterocycles. The van der Waals surface area contributed by atoms with Gasteiger partial charge in [-0.15, -0.1) is 0 Å². The molecular weight excluding hydrogens is 442 g/mol. The number of phenols is 1. The fourth-order valence-corrected chi connectivity index (χ4v) is 3.26. The highest BCUT2D eigenvalue weighted by molar-refractivity contribution is 5.92. The standard InChI is InChI=1S/C23H37N5O6/c1-14(2)11-17(25)21(31)26-13-20(30)27-19(12-15-6-8-16(29)9-7-15)22(32)28-18(23(33)34)5-3-4-10-24/h6-9,14,17-19,29H,3-5,10-13,24-25H2,1-2H3,(H,26,31)(H,27,30)(H,28,32)(H,33,34). The average molecular weight is 480 g/mol. The molecule has 0 aliphatic heterocycles. The third kappa shape index (κ3) is 11.1. The summed E-state index contributed by atoms with van der Waals surface area (Å²) in [5, 5.41) is 26.4. The van der Waals surface area contributed by atoms with Crippen LogP contribution in [0.1, 0.15) is 45.1 Å². The molecule has 0 aliphatic rings. The van der Waals surface area contributed by atoms with Crippen molar-refractivity contribution in [3.8, 4) is 5.75 Å². The first kappa shape index (κ1) is 28.9. The molecule has 1 aromatic carbocycles. The first-order chi connectivity index (χ1) is 16.0. The number of benzene rings is 1. The number of aliphatic carboxylic acids is 1. The maximum atomic E-state index is 12.9. The minimum atomic E-state index is -1.19. The SMILES string of the molecule is CC(C)CC(N)C(=O)NCC(=O)NC(Cc1ccc(O)cc1)C(=O)NC(CCCCN)C(=O)O. The lowest BCUT2D eigenvalue weighted by Crippen LogP contribution is -2.54. The van der Waals surface area contributed by atoms with Gasteiger partial charge in [0.05, 0.1) is 12.6 Å². The molecular formula is C23H37N5O6. The highest BCUT2D eigenvalue weighted by atomic mass is 16.4. The molecule has 0 bridgehead atoms. The maximum Gasteiger partial charge on any atom is 0.326 e. The minimum Gasteiger partial charge on any atom is -0.508 e. The van der Waals surface area contributed by atoms with Gasteiger partial charge in [0.25, 0.3) is 0 Å². The summed E-state index contributed by atoms with van der Waals surface area (Å²) in [5.41, 5.74) is 11.9. The molecule has 0 spiro atoms. The van der Waals surface area contributed by atoms with Crippen LogP contribution in [-0.4, -0.2) is 65.1 Å². The van der Waals surface area contributed by atoms with E-state index in [0.29, 0.717) is 31.4 Å². The third-order valence-corrected chi connectivity index (χ3v) is 5.07. The lowest BCUT2D eigenvalue weighted by atomic mass is 10.0. The van der Waals surface area contributed by atoms with Gasteiger partial charge in [-0.3, -0.25) is 14.4 Å². The largest absolute Gasteiger partial charge is 0.508 e. The van der Waals surface area contributed by atoms with Gasteiger partial charge in [-0.05, 0) is 55.8 Å². The lowest BCUT2D eigenvalue weighted by Gasteiger charge is -2.22. The fraction of sp³-hybridized carbons (Fsp3) is 0.565. The van der Waals surface area contributed by atoms with Crippen LogP contribution in [0.25, 0.3) is 0 Å². The van der Waals surface area contributed by atoms with Crippen LogP contribution in [0.2, 0.25) is 0 Å². The summed E-state index contributed by atoms with van der Waals surface area (Å²) in [6.07, 6.45) is 1.84. The monoisotopic (exact) mass is 479 g/mol. The number of amides is 3. The number of unbranched alkanes of at least 4 members (excludes halogenated alkanes) is 1. The van der Waals surface area contributed by atoms with Crippen LogP contribution in [0.3, 0.4) is 0 Å². The molecule has 0 saturated carbocycles. The summed E-state index contributed by atoms with van der Waals surface area (Å²) in [6, 6.07) is 3.06. The molecule has 190 valence electrons. The number of nitrogens with two attached hydrogens (primary N) is 2. The van der Waals surface area contributed by atoms with Crippen LogP contribution >= 0.6 is 0 Å². The van der Waals surface area contributed by atoms with Gasteiger partial charge < -0.3 is 37.6 Å². The zero-order chi connectivity index (χ0) is 25.7. The molecule has 3 atom stereocenters. The van der Waals surface area contributed by atoms with Gasteiger partial charge in [-0.1, -0.05) is 26.0 Å². The second-order valence-electron chi connectivity index (χ2n) is 8.63. The van der Waals surface area contributed by atoms with E-state index in [2.05, 4.69) is 16.0 Å². The minimum absolute atomic E-state index is 0.0417. The summed E-state index contributed by atoms with van der Waals surface area (Å²) in [7, 11) is 0. The molecule has 11 heteroatoms. The molecule has 0 fully saturated rings. The van der Waals surface area contributed by atoms with E-state index in [1.54, 1.807) is 12.1 Å². The normalized spacial score (nSPS) is 13.6. The number of rotatable bonds is 15. The number of carboxylic acids is 1. The number of aromatic hydroxyl groups is 1. The number of nitrogens with one attached hydrogen (secondary N) is 3. The van der Waals surface area contributed by atoms with Gasteiger partial charge in [0, 0.05) is 6.42 Å². The average Bonchev–Trinajstić information content (AvgIpc) is 2.77. The Morgan fingerprint density at radius 1 is 0.971 bits per heavy atom. The summed E-state index contributed by atoms with van der Waals surface area (Å²) >= 11 is 0. The number of carboxylic acid groups (broad SMARTS) is 1. The van der Waals surface area contributed by atoms with E-state index in [0.717, 1.165) is 0 Å². The Morgan fingerprint density at radius 3 is 2.18 bits per heavy atom. The van der Waals surface area contributed by atoms with E-state index in [4.69, 9.17) is 11.5 Å². The van der Waals surface area contributed by atoms with Gasteiger partial charge in [0.1, 0.15) is 17.8 Å². The number of phenolic OH excluding ortho intramolecular Hbond substituents is 1. The van der Waals surface area contributed by atoms with Gasteiger partial charge in [-0.2, -0.15) is 0 Å². The second-order valence-corrected chi connectivity index (χ2v) is 8.63. The van der Waals surface area contributed by atoms with E-state index in [1.165, 1.54) is 12.1 Å². The Bertz CT molecular complexity index is 815. The van der Waals surface area contributed by atoms with E-state index in [1.807, 2.05) is 13.8 Å². The van der Waals surface area contributed by atoms with E-state index < -0.39 is 41.8 Å². The van der Waals surface area contributed by atoms with Crippen molar-refractivity contribution in [2.24, 2.45) is 17.4 Å². The molecule has 11 nitrogen and oxygen atoms in total. The Hall–Kier alpha value is -3.18. The summed E-state index contributed by atoms with van der Waals surface area (Å²) in [6.45, 7) is 3.87. The van der Waals surface area contributed by atoms with Gasteiger partial charge in [0.2, 0.25) is 17.7 Å². The van der Waals surface area contributed by atoms with Crippen molar-refractivity contribution in [2.75, 3.05) is 13.1 Å². The molecule has 9 N–H and O–H groups in total. The van der Waals surface area contributed by atoms with E-state index in [9.17, 15) is 29.4 Å². The lowest BCUT2D eigenvalue weighted by molar-refractivity contribution is -0.142. The predicted molar refractivity (Wildman–Crippen MR) is 127 cm³/mol. The molecule has 1 rings (SSSR count). The Balaban J connectivity index is 2.85. The summed E-state index contributed by atoms with van der Waals surface area (Å²) in [4.78, 5) is 49.0. The van der Waals surface area contributed by atoms with Crippen molar-refractivity contribution in [1.29, 1.82) is 0 Å². The van der Waals surface area contributed by atoms with Gasteiger partial charge in [0.15, 0.2) is 0 Å². The Labute approximate surface area is 199 Å². The molecule has 3 unspecified atom stereocenters. The Morgan fingerprint density at radius 2 is 1.62 bits per heavy atom. The van der Waals surface area contributed by atoms with Crippen LogP contribution in [0.5, 0.6) is 5.75 Å². The molecule has 0 saturated heterocycles. The first-order valence-electron chi connectivity index (χ1n) is 11.4. The molecule has 0 radical (unpaired) electrons. The number of hydrogen-bond acceptors (Lipinski definition) is 7. The number of hydrogen-bond donors (Lipinski definition) is 7. The van der Waals surface area contributed by atoms with Crippen LogP contribution < -0.4 is 27.4 Å². The molecule has 0 aliphatic carbocycles. The predicted octanol–water partition coefficient (Wildman–Crippen LogP) is -0.392. The van der Waals surface area contributed by atoms with Crippen molar-refractivity contribution in [3.63, 3.8) is 0 Å². The zero-order valence-corrected chi connectivity index (χ0v) is 19.8. The fourth-order valence-electron chi connectivity index (χ4n) is 3.26. The molecule has 3 amide bonds. The molecule has 1 aromatic rings. The van der Waals surface area contributed by atoms with Gasteiger partial charge in [-0.25, -0.2) is 4.79 Å². The summed E-state index contributed by atoms with van der Waals surface area (Å²) in [5.74, 6) is -2.72. The summed E-state index contributed by atoms with van der Waals surface area (Å²) < 4.78 is 0. The highest BCUT2D eigenvalue weighted by Gasteiger charge is 2.27. The van der Waals surface area contributed by atoms with Crippen LogP contribution in [0.15, 0.2) is 24.3 Å². The van der Waals surface area contributed by atoms with Crippen LogP contribution in [0.4, 0.5) is 0 Å². The maximum absolute atomic E-state index is 12.9. The zero-order valence-electron chi connectivity index (χ0n) is 19.8. The Kier molecular flexibility index (Phi) is 12.6. The smallest absolute Gasteiger partial charge is 0.326 e. The van der Waals surface area contributed by atoms with Crippen molar-refractivity contribution in [3.05, 3.63) is 29.8 Å². The van der Waals surface area contributed by atoms with Crippen molar-refractivity contribution in [1.82, 2.24) is 16.0 Å².